The summed E-state index contributed by atoms with van der Waals surface area (Å²) >= 11 is 2.20. The van der Waals surface area contributed by atoms with Crippen LogP contribution in [0.15, 0.2) is 35.5 Å². The largest absolute Gasteiger partial charge is 0.460 e. The molecule has 0 bridgehead atoms. The van der Waals surface area contributed by atoms with Gasteiger partial charge in [0.25, 0.3) is 0 Å². The Morgan fingerprint density at radius 1 is 1.33 bits per heavy atom. The van der Waals surface area contributed by atoms with Crippen molar-refractivity contribution in [3.63, 3.8) is 0 Å². The minimum Gasteiger partial charge on any atom is -0.460 e. The summed E-state index contributed by atoms with van der Waals surface area (Å²) in [5.74, 6) is -0.441. The molecule has 1 aliphatic heterocycles. The topological polar surface area (TPSA) is 67.9 Å². The Morgan fingerprint density at radius 3 is 2.71 bits per heavy atom. The summed E-state index contributed by atoms with van der Waals surface area (Å²) in [5.41, 5.74) is 1.90. The molecule has 0 saturated carbocycles. The van der Waals surface area contributed by atoms with Gasteiger partial charge in [0.2, 0.25) is 0 Å². The molecule has 6 nitrogen and oxygen atoms in total. The zero-order chi connectivity index (χ0) is 17.7. The lowest BCUT2D eigenvalue weighted by atomic mass is 9.95. The van der Waals surface area contributed by atoms with Crippen LogP contribution in [0.1, 0.15) is 25.5 Å². The summed E-state index contributed by atoms with van der Waals surface area (Å²) in [6.07, 6.45) is 0. The van der Waals surface area contributed by atoms with Gasteiger partial charge < -0.3 is 19.7 Å². The Hall–Kier alpha value is -1.61. The van der Waals surface area contributed by atoms with Crippen molar-refractivity contribution in [3.8, 4) is 0 Å². The van der Waals surface area contributed by atoms with Gasteiger partial charge in [-0.3, -0.25) is 0 Å². The van der Waals surface area contributed by atoms with E-state index in [4.69, 9.17) is 9.47 Å². The maximum Gasteiger partial charge on any atom is 0.338 e. The molecule has 1 aromatic carbocycles. The van der Waals surface area contributed by atoms with Crippen molar-refractivity contribution in [2.45, 2.75) is 19.9 Å². The molecule has 24 heavy (non-hydrogen) atoms. The molecule has 1 heterocycles. The average molecular weight is 444 g/mol. The van der Waals surface area contributed by atoms with Gasteiger partial charge in [0.15, 0.2) is 0 Å². The van der Waals surface area contributed by atoms with Crippen molar-refractivity contribution in [1.29, 1.82) is 0 Å². The summed E-state index contributed by atoms with van der Waals surface area (Å²) < 4.78 is 11.5. The zero-order valence-electron chi connectivity index (χ0n) is 14.0. The van der Waals surface area contributed by atoms with Crippen LogP contribution in [0.5, 0.6) is 0 Å². The van der Waals surface area contributed by atoms with Gasteiger partial charge in [-0.05, 0) is 48.1 Å². The average Bonchev–Trinajstić information content (AvgIpc) is 2.56. The molecular weight excluding hydrogens is 423 g/mol. The first-order chi connectivity index (χ1) is 11.5. The number of benzene rings is 1. The van der Waals surface area contributed by atoms with Crippen molar-refractivity contribution < 1.29 is 19.1 Å². The molecular formula is C17H21IN2O4. The van der Waals surface area contributed by atoms with E-state index >= 15 is 0 Å². The number of amides is 2. The van der Waals surface area contributed by atoms with Gasteiger partial charge in [-0.2, -0.15) is 0 Å². The van der Waals surface area contributed by atoms with Gasteiger partial charge >= 0.3 is 12.0 Å². The van der Waals surface area contributed by atoms with Crippen LogP contribution >= 0.6 is 22.6 Å². The first kappa shape index (κ1) is 18.7. The molecule has 1 N–H and O–H groups in total. The van der Waals surface area contributed by atoms with Gasteiger partial charge in [-0.25, -0.2) is 9.59 Å². The fourth-order valence-electron chi connectivity index (χ4n) is 2.46. The van der Waals surface area contributed by atoms with Gasteiger partial charge in [0, 0.05) is 22.9 Å². The third kappa shape index (κ3) is 4.07. The molecule has 1 aromatic rings. The maximum atomic E-state index is 12.6. The van der Waals surface area contributed by atoms with Crippen molar-refractivity contribution in [3.05, 3.63) is 44.7 Å². The van der Waals surface area contributed by atoms with Crippen molar-refractivity contribution in [2.24, 2.45) is 0 Å². The maximum absolute atomic E-state index is 12.6. The third-order valence-electron chi connectivity index (χ3n) is 3.86. The SMILES string of the molecule is CCOCCOC(=O)C1=C(C)N(C)C(=O)NC1c1ccccc1I. The summed E-state index contributed by atoms with van der Waals surface area (Å²) in [7, 11) is 1.63. The first-order valence-corrected chi connectivity index (χ1v) is 8.79. The standard InChI is InChI=1S/C17H21IN2O4/c1-4-23-9-10-24-16(21)14-11(2)20(3)17(22)19-15(14)12-7-5-6-8-13(12)18/h5-8,15H,4,9-10H2,1-3H3,(H,19,22). The molecule has 1 unspecified atom stereocenters. The van der Waals surface area contributed by atoms with E-state index in [1.807, 2.05) is 31.2 Å². The van der Waals surface area contributed by atoms with Crippen LogP contribution in [0.2, 0.25) is 0 Å². The lowest BCUT2D eigenvalue weighted by Crippen LogP contribution is -2.46. The van der Waals surface area contributed by atoms with Crippen molar-refractivity contribution in [1.82, 2.24) is 10.2 Å². The monoisotopic (exact) mass is 444 g/mol. The van der Waals surface area contributed by atoms with E-state index in [0.29, 0.717) is 24.5 Å². The molecule has 7 heteroatoms. The van der Waals surface area contributed by atoms with Crippen LogP contribution in [0, 0.1) is 3.57 Å². The Labute approximate surface area is 155 Å². The Balaban J connectivity index is 2.32. The predicted molar refractivity (Wildman–Crippen MR) is 98.3 cm³/mol. The van der Waals surface area contributed by atoms with Crippen LogP contribution < -0.4 is 5.32 Å². The number of carbonyl (C=O) groups excluding carboxylic acids is 2. The quantitative estimate of drug-likeness (QED) is 0.417. The van der Waals surface area contributed by atoms with E-state index in [2.05, 4.69) is 27.9 Å². The highest BCUT2D eigenvalue weighted by atomic mass is 127. The van der Waals surface area contributed by atoms with Gasteiger partial charge in [0.05, 0.1) is 18.2 Å². The van der Waals surface area contributed by atoms with E-state index in [-0.39, 0.29) is 12.6 Å². The summed E-state index contributed by atoms with van der Waals surface area (Å²) in [4.78, 5) is 26.2. The fraction of sp³-hybridized carbons (Fsp3) is 0.412. The highest BCUT2D eigenvalue weighted by molar-refractivity contribution is 14.1. The summed E-state index contributed by atoms with van der Waals surface area (Å²) in [6, 6.07) is 6.87. The number of urea groups is 1. The Kier molecular flexibility index (Phi) is 6.61. The van der Waals surface area contributed by atoms with Crippen molar-refractivity contribution in [2.75, 3.05) is 26.9 Å². The van der Waals surface area contributed by atoms with Crippen LogP contribution in [-0.4, -0.2) is 43.8 Å². The molecule has 0 fully saturated rings. The minimum absolute atomic E-state index is 0.180. The molecule has 0 saturated heterocycles. The zero-order valence-corrected chi connectivity index (χ0v) is 16.1. The van der Waals surface area contributed by atoms with E-state index in [1.165, 1.54) is 4.90 Å². The van der Waals surface area contributed by atoms with Crippen molar-refractivity contribution >= 4 is 34.6 Å². The first-order valence-electron chi connectivity index (χ1n) is 7.71. The number of allylic oxidation sites excluding steroid dienone is 1. The number of hydrogen-bond donors (Lipinski definition) is 1. The lowest BCUT2D eigenvalue weighted by Gasteiger charge is -2.33. The minimum atomic E-state index is -0.526. The molecule has 1 aliphatic rings. The Morgan fingerprint density at radius 2 is 2.04 bits per heavy atom. The number of carbonyl (C=O) groups is 2. The van der Waals surface area contributed by atoms with Crippen LogP contribution in [-0.2, 0) is 14.3 Å². The number of hydrogen-bond acceptors (Lipinski definition) is 4. The molecule has 2 rings (SSSR count). The van der Waals surface area contributed by atoms with Gasteiger partial charge in [-0.1, -0.05) is 18.2 Å². The summed E-state index contributed by atoms with van der Waals surface area (Å²) in [5, 5.41) is 2.88. The molecule has 0 spiro atoms. The summed E-state index contributed by atoms with van der Waals surface area (Å²) in [6.45, 7) is 4.74. The number of rotatable bonds is 6. The second-order valence-corrected chi connectivity index (χ2v) is 6.46. The highest BCUT2D eigenvalue weighted by Gasteiger charge is 2.35. The molecule has 0 aromatic heterocycles. The molecule has 0 radical (unpaired) electrons. The number of esters is 1. The lowest BCUT2D eigenvalue weighted by molar-refractivity contribution is -0.141. The normalized spacial score (nSPS) is 17.8. The number of ether oxygens (including phenoxy) is 2. The number of nitrogens with zero attached hydrogens (tertiary/aromatic N) is 1. The van der Waals surface area contributed by atoms with Gasteiger partial charge in [0.1, 0.15) is 6.61 Å². The predicted octanol–water partition coefficient (Wildman–Crippen LogP) is 2.84. The number of halogens is 1. The molecule has 1 atom stereocenters. The van der Waals surface area contributed by atoms with Crippen LogP contribution in [0.3, 0.4) is 0 Å². The smallest absolute Gasteiger partial charge is 0.338 e. The van der Waals surface area contributed by atoms with E-state index < -0.39 is 12.0 Å². The third-order valence-corrected chi connectivity index (χ3v) is 4.84. The second-order valence-electron chi connectivity index (χ2n) is 5.29. The highest BCUT2D eigenvalue weighted by Crippen LogP contribution is 2.32. The fourth-order valence-corrected chi connectivity index (χ4v) is 3.16. The molecule has 0 aliphatic carbocycles. The molecule has 130 valence electrons. The Bertz CT molecular complexity index is 660. The van der Waals surface area contributed by atoms with E-state index in [0.717, 1.165) is 9.13 Å². The van der Waals surface area contributed by atoms with Crippen LogP contribution in [0.4, 0.5) is 4.79 Å². The van der Waals surface area contributed by atoms with E-state index in [1.54, 1.807) is 14.0 Å². The van der Waals surface area contributed by atoms with Gasteiger partial charge in [-0.15, -0.1) is 0 Å². The number of nitrogens with one attached hydrogen (secondary N) is 1. The molecule has 2 amide bonds. The van der Waals surface area contributed by atoms with Crippen LogP contribution in [0.25, 0.3) is 0 Å². The second kappa shape index (κ2) is 8.48. The van der Waals surface area contributed by atoms with E-state index in [9.17, 15) is 9.59 Å².